The van der Waals surface area contributed by atoms with Crippen LogP contribution in [0.15, 0.2) is 12.7 Å². The Balaban J connectivity index is 4.25. The minimum Gasteiger partial charge on any atom is -0.301 e. The number of nitrogens with one attached hydrogen (secondary N) is 2. The zero-order valence-corrected chi connectivity index (χ0v) is 12.7. The lowest BCUT2D eigenvalue weighted by atomic mass is 10.1. The van der Waals surface area contributed by atoms with Crippen molar-refractivity contribution in [2.75, 3.05) is 0 Å². The van der Waals surface area contributed by atoms with Crippen LogP contribution in [0.2, 0.25) is 6.04 Å². The molecule has 2 N–H and O–H groups in total. The van der Waals surface area contributed by atoms with Gasteiger partial charge in [-0.1, -0.05) is 6.08 Å². The molecule has 0 rings (SSSR count). The van der Waals surface area contributed by atoms with Crippen LogP contribution >= 0.6 is 0 Å². The minimum atomic E-state index is -0.175. The Morgan fingerprint density at radius 1 is 1.07 bits per heavy atom. The maximum atomic E-state index is 3.80. The molecule has 0 radical (unpaired) electrons. The second-order valence-corrected chi connectivity index (χ2v) is 8.18. The van der Waals surface area contributed by atoms with Gasteiger partial charge >= 0.3 is 0 Å². The molecule has 0 amide bonds. The van der Waals surface area contributed by atoms with Gasteiger partial charge in [-0.2, -0.15) is 0 Å². The van der Waals surface area contributed by atoms with Gasteiger partial charge in [0.05, 0.1) is 9.52 Å². The topological polar surface area (TPSA) is 24.1 Å². The third kappa shape index (κ3) is 10.2. The summed E-state index contributed by atoms with van der Waals surface area (Å²) in [5, 5.41) is 7.30. The molecule has 90 valence electrons. The van der Waals surface area contributed by atoms with Crippen LogP contribution < -0.4 is 10.6 Å². The molecule has 0 heterocycles. The quantitative estimate of drug-likeness (QED) is 0.426. The van der Waals surface area contributed by atoms with E-state index in [0.29, 0.717) is 5.79 Å². The molecule has 0 atom stereocenters. The Labute approximate surface area is 97.7 Å². The van der Waals surface area contributed by atoms with Crippen molar-refractivity contribution in [3.8, 4) is 0 Å². The Bertz CT molecular complexity index is 173. The van der Waals surface area contributed by atoms with Gasteiger partial charge in [-0.05, 0) is 47.6 Å². The first kappa shape index (κ1) is 14.9. The standard InChI is InChI=1S/C12H28N2Si/c1-8-9-15-10(13-11(2,3)4)14-12(5,6)7/h8,10,13-14H,1,9,15H2,2-7H3. The van der Waals surface area contributed by atoms with Gasteiger partial charge in [0, 0.05) is 16.9 Å². The summed E-state index contributed by atoms with van der Waals surface area (Å²) in [5.74, 6) is 0.489. The van der Waals surface area contributed by atoms with Crippen molar-refractivity contribution >= 4 is 9.52 Å². The summed E-state index contributed by atoms with van der Waals surface area (Å²) < 4.78 is 0. The third-order valence-electron chi connectivity index (χ3n) is 1.87. The van der Waals surface area contributed by atoms with Gasteiger partial charge in [-0.3, -0.25) is 0 Å². The fourth-order valence-electron chi connectivity index (χ4n) is 1.51. The van der Waals surface area contributed by atoms with E-state index in [0.717, 1.165) is 0 Å². The van der Waals surface area contributed by atoms with Crippen LogP contribution in [-0.2, 0) is 0 Å². The molecule has 15 heavy (non-hydrogen) atoms. The van der Waals surface area contributed by atoms with Crippen molar-refractivity contribution in [1.82, 2.24) is 10.6 Å². The average Bonchev–Trinajstić information content (AvgIpc) is 1.94. The van der Waals surface area contributed by atoms with E-state index in [9.17, 15) is 0 Å². The predicted molar refractivity (Wildman–Crippen MR) is 73.1 cm³/mol. The SMILES string of the molecule is C=CC[SiH2]C(NC(C)(C)C)NC(C)(C)C. The first-order valence-corrected chi connectivity index (χ1v) is 7.62. The Morgan fingerprint density at radius 3 is 1.73 bits per heavy atom. The molecule has 0 unspecified atom stereocenters. The van der Waals surface area contributed by atoms with Gasteiger partial charge in [-0.25, -0.2) is 0 Å². The van der Waals surface area contributed by atoms with E-state index in [1.807, 2.05) is 6.08 Å². The minimum absolute atomic E-state index is 0.175. The highest BCUT2D eigenvalue weighted by molar-refractivity contribution is 6.38. The summed E-state index contributed by atoms with van der Waals surface area (Å²) in [5.41, 5.74) is 0.355. The fourth-order valence-corrected chi connectivity index (χ4v) is 3.59. The Hall–Kier alpha value is -0.123. The van der Waals surface area contributed by atoms with Gasteiger partial charge < -0.3 is 10.6 Å². The Morgan fingerprint density at radius 2 is 1.47 bits per heavy atom. The number of allylic oxidation sites excluding steroid dienone is 1. The fraction of sp³-hybridized carbons (Fsp3) is 0.833. The predicted octanol–water partition coefficient (Wildman–Crippen LogP) is 1.82. The van der Waals surface area contributed by atoms with E-state index < -0.39 is 0 Å². The first-order valence-electron chi connectivity index (χ1n) is 5.80. The molecule has 0 bridgehead atoms. The second kappa shape index (κ2) is 5.82. The first-order chi connectivity index (χ1) is 6.64. The summed E-state index contributed by atoms with van der Waals surface area (Å²) in [6, 6.07) is 1.18. The average molecular weight is 228 g/mol. The molecule has 0 saturated carbocycles. The van der Waals surface area contributed by atoms with Crippen LogP contribution in [0, 0.1) is 0 Å². The monoisotopic (exact) mass is 228 g/mol. The summed E-state index contributed by atoms with van der Waals surface area (Å²) in [4.78, 5) is 0. The lowest BCUT2D eigenvalue weighted by Gasteiger charge is -2.34. The molecule has 0 aromatic heterocycles. The zero-order valence-electron chi connectivity index (χ0n) is 11.3. The van der Waals surface area contributed by atoms with Gasteiger partial charge in [0.1, 0.15) is 0 Å². The molecule has 0 aromatic carbocycles. The van der Waals surface area contributed by atoms with Crippen LogP contribution in [0.25, 0.3) is 0 Å². The molecule has 0 aliphatic heterocycles. The highest BCUT2D eigenvalue weighted by atomic mass is 28.2. The summed E-state index contributed by atoms with van der Waals surface area (Å²) in [6.07, 6.45) is 2.04. The lowest BCUT2D eigenvalue weighted by Crippen LogP contribution is -2.58. The van der Waals surface area contributed by atoms with E-state index in [1.54, 1.807) is 0 Å². The van der Waals surface area contributed by atoms with Crippen LogP contribution in [0.1, 0.15) is 41.5 Å². The van der Waals surface area contributed by atoms with Crippen molar-refractivity contribution in [3.63, 3.8) is 0 Å². The smallest absolute Gasteiger partial charge is 0.0624 e. The lowest BCUT2D eigenvalue weighted by molar-refractivity contribution is 0.316. The van der Waals surface area contributed by atoms with Crippen molar-refractivity contribution < 1.29 is 0 Å². The highest BCUT2D eigenvalue weighted by Gasteiger charge is 2.21. The summed E-state index contributed by atoms with van der Waals surface area (Å²) in [6.45, 7) is 17.1. The molecular formula is C12H28N2Si. The molecule has 0 fully saturated rings. The number of hydrogen-bond donors (Lipinski definition) is 2. The highest BCUT2D eigenvalue weighted by Crippen LogP contribution is 2.05. The zero-order chi connectivity index (χ0) is 12.1. The molecule has 0 aliphatic rings. The molecule has 0 aliphatic carbocycles. The maximum Gasteiger partial charge on any atom is 0.0624 e. The van der Waals surface area contributed by atoms with Gasteiger partial charge in [0.25, 0.3) is 0 Å². The van der Waals surface area contributed by atoms with Crippen LogP contribution in [-0.4, -0.2) is 26.4 Å². The summed E-state index contributed by atoms with van der Waals surface area (Å²) in [7, 11) is -0.175. The third-order valence-corrected chi connectivity index (χ3v) is 3.60. The van der Waals surface area contributed by atoms with Crippen molar-refractivity contribution in [2.24, 2.45) is 0 Å². The van der Waals surface area contributed by atoms with Crippen LogP contribution in [0.3, 0.4) is 0 Å². The normalized spacial score (nSPS) is 14.1. The van der Waals surface area contributed by atoms with Gasteiger partial charge in [-0.15, -0.1) is 6.58 Å². The number of hydrogen-bond acceptors (Lipinski definition) is 2. The Kier molecular flexibility index (Phi) is 5.78. The summed E-state index contributed by atoms with van der Waals surface area (Å²) >= 11 is 0. The molecular weight excluding hydrogens is 200 g/mol. The maximum absolute atomic E-state index is 3.80. The van der Waals surface area contributed by atoms with Crippen molar-refractivity contribution in [3.05, 3.63) is 12.7 Å². The molecule has 0 saturated heterocycles. The second-order valence-electron chi connectivity index (χ2n) is 6.21. The molecule has 0 spiro atoms. The number of rotatable bonds is 5. The van der Waals surface area contributed by atoms with Gasteiger partial charge in [0.15, 0.2) is 0 Å². The molecule has 2 nitrogen and oxygen atoms in total. The van der Waals surface area contributed by atoms with Crippen LogP contribution in [0.4, 0.5) is 0 Å². The molecule has 0 aromatic rings. The van der Waals surface area contributed by atoms with E-state index in [4.69, 9.17) is 0 Å². The van der Waals surface area contributed by atoms with Gasteiger partial charge in [0.2, 0.25) is 0 Å². The van der Waals surface area contributed by atoms with Crippen molar-refractivity contribution in [1.29, 1.82) is 0 Å². The van der Waals surface area contributed by atoms with Crippen molar-refractivity contribution in [2.45, 2.75) is 64.5 Å². The van der Waals surface area contributed by atoms with Crippen LogP contribution in [0.5, 0.6) is 0 Å². The van der Waals surface area contributed by atoms with E-state index in [1.165, 1.54) is 6.04 Å². The van der Waals surface area contributed by atoms with E-state index in [-0.39, 0.29) is 20.6 Å². The molecule has 3 heteroatoms. The largest absolute Gasteiger partial charge is 0.301 e. The van der Waals surface area contributed by atoms with E-state index in [2.05, 4.69) is 58.8 Å². The van der Waals surface area contributed by atoms with E-state index >= 15 is 0 Å².